The van der Waals surface area contributed by atoms with E-state index in [1.807, 2.05) is 6.07 Å². The van der Waals surface area contributed by atoms with Crippen LogP contribution in [0.5, 0.6) is 0 Å². The van der Waals surface area contributed by atoms with Crippen LogP contribution < -0.4 is 10.6 Å². The van der Waals surface area contributed by atoms with E-state index < -0.39 is 0 Å². The summed E-state index contributed by atoms with van der Waals surface area (Å²) in [4.78, 5) is 4.20. The summed E-state index contributed by atoms with van der Waals surface area (Å²) >= 11 is 0. The van der Waals surface area contributed by atoms with Gasteiger partial charge in [-0.3, -0.25) is 4.99 Å². The number of nitrogens with one attached hydrogen (secondary N) is 2. The molecule has 1 aliphatic carbocycles. The minimum atomic E-state index is -0.340. The molecule has 0 aliphatic heterocycles. The largest absolute Gasteiger partial charge is 0.378 e. The molecule has 0 radical (unpaired) electrons. The number of methoxy groups -OCH3 is 1. The lowest BCUT2D eigenvalue weighted by atomic mass is 9.56. The van der Waals surface area contributed by atoms with Gasteiger partial charge in [-0.25, -0.2) is 4.39 Å². The summed E-state index contributed by atoms with van der Waals surface area (Å²) in [6.07, 6.45) is 0.871. The predicted octanol–water partition coefficient (Wildman–Crippen LogP) is 2.57. The van der Waals surface area contributed by atoms with Crippen molar-refractivity contribution in [2.75, 3.05) is 14.2 Å². The Kier molecular flexibility index (Phi) is 5.14. The molecule has 130 valence electrons. The zero-order chi connectivity index (χ0) is 18.0. The van der Waals surface area contributed by atoms with Gasteiger partial charge in [0, 0.05) is 37.7 Å². The second-order valence-corrected chi connectivity index (χ2v) is 6.90. The van der Waals surface area contributed by atoms with Gasteiger partial charge in [-0.2, -0.15) is 5.26 Å². The molecule has 0 spiro atoms. The minimum Gasteiger partial charge on any atom is -0.378 e. The number of hydrogen-bond donors (Lipinski definition) is 2. The van der Waals surface area contributed by atoms with Crippen LogP contribution in [0, 0.1) is 22.6 Å². The van der Waals surface area contributed by atoms with Crippen molar-refractivity contribution in [3.8, 4) is 6.07 Å². The van der Waals surface area contributed by atoms with Crippen LogP contribution in [0.3, 0.4) is 0 Å². The number of aliphatic imine (C=N–C) groups is 1. The SMILES string of the molecule is CN=C(NCc1cc(C#N)ccc1F)NC1CC(C)(OC)C1(C)C. The van der Waals surface area contributed by atoms with Gasteiger partial charge in [-0.1, -0.05) is 13.8 Å². The normalized spacial score (nSPS) is 25.5. The Morgan fingerprint density at radius 2 is 2.17 bits per heavy atom. The maximum absolute atomic E-state index is 13.8. The number of nitrogens with zero attached hydrogens (tertiary/aromatic N) is 2. The topological polar surface area (TPSA) is 69.4 Å². The van der Waals surface area contributed by atoms with Gasteiger partial charge in [-0.15, -0.1) is 0 Å². The first-order valence-corrected chi connectivity index (χ1v) is 7.98. The molecule has 1 aromatic rings. The molecule has 0 aromatic heterocycles. The first kappa shape index (κ1) is 18.2. The first-order valence-electron chi connectivity index (χ1n) is 7.98. The van der Waals surface area contributed by atoms with Crippen LogP contribution in [0.1, 0.15) is 38.3 Å². The molecule has 1 saturated carbocycles. The van der Waals surface area contributed by atoms with Crippen LogP contribution in [-0.4, -0.2) is 31.8 Å². The summed E-state index contributed by atoms with van der Waals surface area (Å²) in [6.45, 7) is 6.67. The minimum absolute atomic E-state index is 0.0503. The highest BCUT2D eigenvalue weighted by molar-refractivity contribution is 5.80. The van der Waals surface area contributed by atoms with Gasteiger partial charge in [0.2, 0.25) is 0 Å². The average Bonchev–Trinajstić information content (AvgIpc) is 2.58. The second-order valence-electron chi connectivity index (χ2n) is 6.90. The zero-order valence-electron chi connectivity index (χ0n) is 14.9. The Bertz CT molecular complexity index is 680. The molecule has 0 heterocycles. The standard InChI is InChI=1S/C18H25FN4O/c1-17(2)15(9-18(17,3)24-5)23-16(21-4)22-11-13-8-12(10-20)6-7-14(13)19/h6-8,15H,9,11H2,1-5H3,(H2,21,22,23). The Labute approximate surface area is 142 Å². The van der Waals surface area contributed by atoms with Crippen molar-refractivity contribution in [2.24, 2.45) is 10.4 Å². The van der Waals surface area contributed by atoms with Crippen molar-refractivity contribution in [2.45, 2.75) is 45.4 Å². The molecular formula is C18H25FN4O. The number of nitriles is 1. The van der Waals surface area contributed by atoms with Gasteiger partial charge >= 0.3 is 0 Å². The van der Waals surface area contributed by atoms with Gasteiger partial charge < -0.3 is 15.4 Å². The van der Waals surface area contributed by atoms with E-state index in [9.17, 15) is 4.39 Å². The highest BCUT2D eigenvalue weighted by Crippen LogP contribution is 2.51. The number of ether oxygens (including phenoxy) is 1. The quantitative estimate of drug-likeness (QED) is 0.657. The van der Waals surface area contributed by atoms with E-state index in [0.29, 0.717) is 17.1 Å². The number of halogens is 1. The lowest BCUT2D eigenvalue weighted by Gasteiger charge is -2.59. The van der Waals surface area contributed by atoms with Crippen molar-refractivity contribution < 1.29 is 9.13 Å². The monoisotopic (exact) mass is 332 g/mol. The molecule has 1 aliphatic rings. The Morgan fingerprint density at radius 1 is 1.46 bits per heavy atom. The van der Waals surface area contributed by atoms with Crippen LogP contribution in [0.2, 0.25) is 0 Å². The van der Waals surface area contributed by atoms with Gasteiger partial charge in [0.15, 0.2) is 5.96 Å². The van der Waals surface area contributed by atoms with E-state index in [1.54, 1.807) is 20.2 Å². The molecule has 24 heavy (non-hydrogen) atoms. The number of guanidine groups is 1. The van der Waals surface area contributed by atoms with E-state index >= 15 is 0 Å². The van der Waals surface area contributed by atoms with Crippen molar-refractivity contribution >= 4 is 5.96 Å². The fourth-order valence-electron chi connectivity index (χ4n) is 3.04. The molecule has 5 nitrogen and oxygen atoms in total. The lowest BCUT2D eigenvalue weighted by molar-refractivity contribution is -0.176. The maximum atomic E-state index is 13.8. The molecule has 6 heteroatoms. The fraction of sp³-hybridized carbons (Fsp3) is 0.556. The fourth-order valence-corrected chi connectivity index (χ4v) is 3.04. The molecular weight excluding hydrogens is 307 g/mol. The van der Waals surface area contributed by atoms with E-state index in [-0.39, 0.29) is 29.4 Å². The van der Waals surface area contributed by atoms with Gasteiger partial charge in [0.25, 0.3) is 0 Å². The molecule has 0 bridgehead atoms. The first-order chi connectivity index (χ1) is 11.3. The number of benzene rings is 1. The molecule has 0 saturated heterocycles. The number of hydrogen-bond acceptors (Lipinski definition) is 3. The Hall–Kier alpha value is -2.13. The summed E-state index contributed by atoms with van der Waals surface area (Å²) in [5.74, 6) is 0.265. The van der Waals surface area contributed by atoms with E-state index in [1.165, 1.54) is 12.1 Å². The molecule has 2 N–H and O–H groups in total. The summed E-state index contributed by atoms with van der Waals surface area (Å²) < 4.78 is 19.5. The molecule has 2 unspecified atom stereocenters. The van der Waals surface area contributed by atoms with Crippen molar-refractivity contribution in [1.82, 2.24) is 10.6 Å². The third-order valence-corrected chi connectivity index (χ3v) is 5.43. The van der Waals surface area contributed by atoms with E-state index in [0.717, 1.165) is 6.42 Å². The molecule has 1 fully saturated rings. The summed E-state index contributed by atoms with van der Waals surface area (Å²) in [6, 6.07) is 6.55. The summed E-state index contributed by atoms with van der Waals surface area (Å²) in [5.41, 5.74) is 0.654. The Morgan fingerprint density at radius 3 is 2.71 bits per heavy atom. The van der Waals surface area contributed by atoms with Crippen LogP contribution in [0.25, 0.3) is 0 Å². The summed E-state index contributed by atoms with van der Waals surface area (Å²) in [5, 5.41) is 15.4. The third kappa shape index (κ3) is 3.22. The highest BCUT2D eigenvalue weighted by Gasteiger charge is 2.58. The average molecular weight is 332 g/mol. The van der Waals surface area contributed by atoms with Crippen LogP contribution in [-0.2, 0) is 11.3 Å². The molecule has 1 aromatic carbocycles. The van der Waals surface area contributed by atoms with Crippen LogP contribution >= 0.6 is 0 Å². The molecule has 0 amide bonds. The molecule has 2 atom stereocenters. The van der Waals surface area contributed by atoms with Crippen molar-refractivity contribution in [3.63, 3.8) is 0 Å². The summed E-state index contributed by atoms with van der Waals surface area (Å²) in [7, 11) is 3.41. The Balaban J connectivity index is 1.99. The number of rotatable bonds is 4. The zero-order valence-corrected chi connectivity index (χ0v) is 14.9. The predicted molar refractivity (Wildman–Crippen MR) is 92.0 cm³/mol. The van der Waals surface area contributed by atoms with Gasteiger partial charge in [0.1, 0.15) is 5.82 Å². The highest BCUT2D eigenvalue weighted by atomic mass is 19.1. The van der Waals surface area contributed by atoms with Crippen LogP contribution in [0.15, 0.2) is 23.2 Å². The van der Waals surface area contributed by atoms with E-state index in [4.69, 9.17) is 10.00 Å². The second kappa shape index (κ2) is 6.78. The maximum Gasteiger partial charge on any atom is 0.191 e. The smallest absolute Gasteiger partial charge is 0.191 e. The van der Waals surface area contributed by atoms with Crippen molar-refractivity contribution in [1.29, 1.82) is 5.26 Å². The lowest BCUT2D eigenvalue weighted by Crippen LogP contribution is -2.69. The third-order valence-electron chi connectivity index (χ3n) is 5.43. The molecule has 2 rings (SSSR count). The van der Waals surface area contributed by atoms with Crippen LogP contribution in [0.4, 0.5) is 4.39 Å². The van der Waals surface area contributed by atoms with E-state index in [2.05, 4.69) is 36.4 Å². The van der Waals surface area contributed by atoms with Gasteiger partial charge in [0.05, 0.1) is 17.2 Å². The van der Waals surface area contributed by atoms with Gasteiger partial charge in [-0.05, 0) is 31.5 Å². The van der Waals surface area contributed by atoms with Crippen molar-refractivity contribution in [3.05, 3.63) is 35.1 Å².